The molecule has 4 heterocycles. The van der Waals surface area contributed by atoms with Gasteiger partial charge < -0.3 is 9.47 Å². The summed E-state index contributed by atoms with van der Waals surface area (Å²) in [5.41, 5.74) is 3.25. The van der Waals surface area contributed by atoms with Gasteiger partial charge in [-0.3, -0.25) is 0 Å². The zero-order valence-electron chi connectivity index (χ0n) is 25.7. The number of hydrogen-bond acceptors (Lipinski definition) is 8. The maximum absolute atomic E-state index is 6.75. The van der Waals surface area contributed by atoms with Crippen molar-refractivity contribution in [2.75, 3.05) is 0 Å². The van der Waals surface area contributed by atoms with Crippen LogP contribution in [-0.4, -0.2) is 29.5 Å². The van der Waals surface area contributed by atoms with Crippen LogP contribution in [0.2, 0.25) is 20.1 Å². The molecule has 2 aliphatic rings. The van der Waals surface area contributed by atoms with E-state index in [0.717, 1.165) is 27.8 Å². The van der Waals surface area contributed by atoms with Gasteiger partial charge in [-0.1, -0.05) is 113 Å². The molecule has 248 valence electrons. The van der Waals surface area contributed by atoms with Crippen LogP contribution >= 0.6 is 68.0 Å². The molecule has 0 N–H and O–H groups in total. The molecule has 2 aliphatic heterocycles. The Morgan fingerprint density at radius 1 is 0.653 bits per heavy atom. The highest BCUT2D eigenvalue weighted by Crippen LogP contribution is 2.61. The van der Waals surface area contributed by atoms with Crippen LogP contribution in [-0.2, 0) is 33.8 Å². The molecule has 49 heavy (non-hydrogen) atoms. The lowest BCUT2D eigenvalue weighted by atomic mass is 9.91. The van der Waals surface area contributed by atoms with E-state index in [1.54, 1.807) is 12.4 Å². The maximum atomic E-state index is 6.75. The van der Waals surface area contributed by atoms with Crippen molar-refractivity contribution in [3.8, 4) is 0 Å². The standard InChI is InChI=1S/C35H26Cl4N6O2S2/c1-21-11-13-24(28(38)15-21)31-35(47-31,26-9-5-6-10-27(26)37)18-45-33(41-20-43-45)49-48-32-40-19-42-44(32)17-34(22-7-3-2-4-8-22)30(46-34)25-14-12-23(36)16-29(25)39/h2-16,19-20,30-31H,17-18H2,1H3/t30-,31?,34?,35+/m0/s1. The van der Waals surface area contributed by atoms with Gasteiger partial charge in [-0.25, -0.2) is 19.3 Å². The van der Waals surface area contributed by atoms with Crippen molar-refractivity contribution in [3.63, 3.8) is 0 Å². The van der Waals surface area contributed by atoms with Crippen LogP contribution in [0.1, 0.15) is 40.0 Å². The Morgan fingerprint density at radius 3 is 1.88 bits per heavy atom. The molecule has 0 spiro atoms. The van der Waals surface area contributed by atoms with Gasteiger partial charge in [0.2, 0.25) is 0 Å². The van der Waals surface area contributed by atoms with Crippen molar-refractivity contribution in [2.45, 2.75) is 53.7 Å². The minimum Gasteiger partial charge on any atom is -0.354 e. The number of ether oxygens (including phenoxy) is 2. The summed E-state index contributed by atoms with van der Waals surface area (Å²) in [6.45, 7) is 2.79. The lowest BCUT2D eigenvalue weighted by Gasteiger charge is -2.17. The molecule has 8 nitrogen and oxygen atoms in total. The molecule has 2 fully saturated rings. The van der Waals surface area contributed by atoms with Crippen molar-refractivity contribution in [1.82, 2.24) is 29.5 Å². The first kappa shape index (κ1) is 33.1. The van der Waals surface area contributed by atoms with Crippen LogP contribution in [0.15, 0.2) is 114 Å². The van der Waals surface area contributed by atoms with E-state index < -0.39 is 11.2 Å². The predicted molar refractivity (Wildman–Crippen MR) is 193 cm³/mol. The van der Waals surface area contributed by atoms with Crippen molar-refractivity contribution in [1.29, 1.82) is 0 Å². The van der Waals surface area contributed by atoms with Crippen molar-refractivity contribution >= 4 is 68.0 Å². The third kappa shape index (κ3) is 6.27. The third-order valence-corrected chi connectivity index (χ3v) is 12.2. The highest BCUT2D eigenvalue weighted by atomic mass is 35.5. The van der Waals surface area contributed by atoms with Gasteiger partial charge in [-0.05, 0) is 63.9 Å². The molecule has 2 saturated heterocycles. The van der Waals surface area contributed by atoms with Crippen LogP contribution in [0, 0.1) is 6.92 Å². The third-order valence-electron chi connectivity index (χ3n) is 8.78. The van der Waals surface area contributed by atoms with E-state index in [1.165, 1.54) is 27.9 Å². The zero-order chi connectivity index (χ0) is 33.8. The fraction of sp³-hybridized carbons (Fsp3) is 0.200. The highest BCUT2D eigenvalue weighted by Gasteiger charge is 2.61. The van der Waals surface area contributed by atoms with Crippen molar-refractivity contribution in [3.05, 3.63) is 152 Å². The predicted octanol–water partition coefficient (Wildman–Crippen LogP) is 9.93. The smallest absolute Gasteiger partial charge is 0.197 e. The molecular formula is C35H26Cl4N6O2S2. The molecule has 14 heteroatoms. The SMILES string of the molecule is Cc1ccc(C2O[C@]2(Cn2ncnc2SSc2ncnn2CC2(c3ccccc3)O[C@H]2c2ccc(Cl)cc2Cl)c2ccccc2Cl)c(Cl)c1. The van der Waals surface area contributed by atoms with Gasteiger partial charge in [0.25, 0.3) is 0 Å². The first-order chi connectivity index (χ1) is 23.8. The largest absolute Gasteiger partial charge is 0.354 e. The average molecular weight is 769 g/mol. The Bertz CT molecular complexity index is 2170. The summed E-state index contributed by atoms with van der Waals surface area (Å²) in [7, 11) is 2.86. The molecule has 0 saturated carbocycles. The minimum absolute atomic E-state index is 0.285. The molecule has 2 aromatic heterocycles. The van der Waals surface area contributed by atoms with Crippen LogP contribution in [0.5, 0.6) is 0 Å². The molecule has 4 atom stereocenters. The van der Waals surface area contributed by atoms with E-state index in [-0.39, 0.29) is 12.2 Å². The van der Waals surface area contributed by atoms with Crippen molar-refractivity contribution < 1.29 is 9.47 Å². The first-order valence-electron chi connectivity index (χ1n) is 15.2. The van der Waals surface area contributed by atoms with E-state index in [1.807, 2.05) is 89.1 Å². The lowest BCUT2D eigenvalue weighted by Crippen LogP contribution is -2.21. The van der Waals surface area contributed by atoms with Gasteiger partial charge in [0.05, 0.1) is 13.1 Å². The topological polar surface area (TPSA) is 86.5 Å². The van der Waals surface area contributed by atoms with E-state index in [2.05, 4.69) is 32.3 Å². The number of hydrogen-bond donors (Lipinski definition) is 0. The molecular weight excluding hydrogens is 742 g/mol. The van der Waals surface area contributed by atoms with Gasteiger partial charge in [0.15, 0.2) is 10.3 Å². The van der Waals surface area contributed by atoms with E-state index in [0.29, 0.717) is 43.5 Å². The number of benzene rings is 4. The van der Waals surface area contributed by atoms with Gasteiger partial charge >= 0.3 is 0 Å². The summed E-state index contributed by atoms with van der Waals surface area (Å²) < 4.78 is 16.7. The zero-order valence-corrected chi connectivity index (χ0v) is 30.4. The fourth-order valence-corrected chi connectivity index (χ4v) is 9.36. The fourth-order valence-electron chi connectivity index (χ4n) is 6.28. The Kier molecular flexibility index (Phi) is 8.95. The summed E-state index contributed by atoms with van der Waals surface area (Å²) in [5, 5.41) is 12.9. The second-order valence-electron chi connectivity index (χ2n) is 11.9. The number of nitrogens with zero attached hydrogens (tertiary/aromatic N) is 6. The van der Waals surface area contributed by atoms with E-state index in [4.69, 9.17) is 55.9 Å². The molecule has 8 rings (SSSR count). The molecule has 4 aromatic carbocycles. The van der Waals surface area contributed by atoms with E-state index >= 15 is 0 Å². The van der Waals surface area contributed by atoms with Gasteiger partial charge in [-0.15, -0.1) is 0 Å². The number of aromatic nitrogens is 6. The van der Waals surface area contributed by atoms with Crippen LogP contribution in [0.4, 0.5) is 0 Å². The minimum atomic E-state index is -0.783. The second kappa shape index (κ2) is 13.2. The molecule has 0 radical (unpaired) electrons. The number of halogens is 4. The summed E-state index contributed by atoms with van der Waals surface area (Å²) >= 11 is 26.3. The Morgan fingerprint density at radius 2 is 1.22 bits per heavy atom. The average Bonchev–Trinajstić information content (AvgIpc) is 3.85. The quantitative estimate of drug-likeness (QED) is 0.0952. The van der Waals surface area contributed by atoms with Crippen molar-refractivity contribution in [2.24, 2.45) is 0 Å². The molecule has 0 amide bonds. The molecule has 2 unspecified atom stereocenters. The first-order valence-corrected chi connectivity index (χ1v) is 18.9. The van der Waals surface area contributed by atoms with Crippen LogP contribution in [0.25, 0.3) is 0 Å². The Labute approximate surface area is 310 Å². The molecule has 0 bridgehead atoms. The summed E-state index contributed by atoms with van der Waals surface area (Å²) in [5.74, 6) is 0. The molecule has 0 aliphatic carbocycles. The summed E-state index contributed by atoms with van der Waals surface area (Å²) in [6.07, 6.45) is 2.48. The second-order valence-corrected chi connectivity index (χ2v) is 15.6. The highest BCUT2D eigenvalue weighted by molar-refractivity contribution is 8.76. The van der Waals surface area contributed by atoms with Crippen LogP contribution in [0.3, 0.4) is 0 Å². The number of aryl methyl sites for hydroxylation is 1. The maximum Gasteiger partial charge on any atom is 0.197 e. The number of rotatable bonds is 11. The lowest BCUT2D eigenvalue weighted by molar-refractivity contribution is 0.256. The summed E-state index contributed by atoms with van der Waals surface area (Å²) in [4.78, 5) is 9.15. The Balaban J connectivity index is 1.04. The monoisotopic (exact) mass is 766 g/mol. The summed E-state index contributed by atoms with van der Waals surface area (Å²) in [6, 6.07) is 29.2. The van der Waals surface area contributed by atoms with Gasteiger partial charge in [0, 0.05) is 36.8 Å². The van der Waals surface area contributed by atoms with E-state index in [9.17, 15) is 0 Å². The van der Waals surface area contributed by atoms with Crippen LogP contribution < -0.4 is 0 Å². The van der Waals surface area contributed by atoms with Gasteiger partial charge in [-0.2, -0.15) is 10.2 Å². The molecule has 6 aromatic rings. The number of epoxide rings is 2. The normalized spacial score (nSPS) is 22.7. The van der Waals surface area contributed by atoms with Gasteiger partial charge in [0.1, 0.15) is 36.1 Å². The Hall–Kier alpha value is -3.06.